The molecule has 1 heterocycles. The molecule has 5 nitrogen and oxygen atoms in total. The quantitative estimate of drug-likeness (QED) is 0.883. The lowest BCUT2D eigenvalue weighted by atomic mass is 10.2. The van der Waals surface area contributed by atoms with Gasteiger partial charge >= 0.3 is 0 Å². The molecule has 1 aliphatic carbocycles. The minimum absolute atomic E-state index is 0.110. The summed E-state index contributed by atoms with van der Waals surface area (Å²) in [5, 5.41) is 7.49. The van der Waals surface area contributed by atoms with Crippen molar-refractivity contribution in [1.29, 1.82) is 0 Å². The first kappa shape index (κ1) is 13.7. The summed E-state index contributed by atoms with van der Waals surface area (Å²) >= 11 is 0. The van der Waals surface area contributed by atoms with Crippen LogP contribution >= 0.6 is 0 Å². The highest BCUT2D eigenvalue weighted by atomic mass is 16.5. The van der Waals surface area contributed by atoms with Gasteiger partial charge in [-0.05, 0) is 24.8 Å². The van der Waals surface area contributed by atoms with Gasteiger partial charge < -0.3 is 10.1 Å². The molecule has 0 bridgehead atoms. The Morgan fingerprint density at radius 3 is 2.90 bits per heavy atom. The van der Waals surface area contributed by atoms with Gasteiger partial charge in [0.2, 0.25) is 0 Å². The maximum atomic E-state index is 12.1. The number of benzene rings is 1. The smallest absolute Gasteiger partial charge is 0.269 e. The van der Waals surface area contributed by atoms with Gasteiger partial charge in [-0.1, -0.05) is 18.2 Å². The second-order valence-corrected chi connectivity index (χ2v) is 5.38. The minimum Gasteiger partial charge on any atom is -0.496 e. The highest BCUT2D eigenvalue weighted by Crippen LogP contribution is 2.28. The summed E-state index contributed by atoms with van der Waals surface area (Å²) in [6.07, 6.45) is 4.27. The van der Waals surface area contributed by atoms with Crippen molar-refractivity contribution in [3.05, 3.63) is 52.4 Å². The number of aromatic nitrogens is 2. The van der Waals surface area contributed by atoms with Crippen molar-refractivity contribution in [3.63, 3.8) is 0 Å². The summed E-state index contributed by atoms with van der Waals surface area (Å²) in [6.45, 7) is 1.34. The van der Waals surface area contributed by atoms with Gasteiger partial charge in [0.25, 0.3) is 5.56 Å². The van der Waals surface area contributed by atoms with Gasteiger partial charge in [-0.2, -0.15) is 5.10 Å². The zero-order chi connectivity index (χ0) is 14.7. The molecule has 1 fully saturated rings. The van der Waals surface area contributed by atoms with Crippen molar-refractivity contribution in [1.82, 2.24) is 9.78 Å². The highest BCUT2D eigenvalue weighted by Gasteiger charge is 2.20. The molecule has 1 saturated carbocycles. The van der Waals surface area contributed by atoms with Crippen molar-refractivity contribution in [3.8, 4) is 5.75 Å². The number of hydrogen-bond acceptors (Lipinski definition) is 4. The van der Waals surface area contributed by atoms with Crippen molar-refractivity contribution in [2.75, 3.05) is 19.0 Å². The molecule has 5 heteroatoms. The largest absolute Gasteiger partial charge is 0.496 e. The summed E-state index contributed by atoms with van der Waals surface area (Å²) in [6, 6.07) is 9.25. The van der Waals surface area contributed by atoms with E-state index in [1.165, 1.54) is 17.5 Å². The van der Waals surface area contributed by atoms with Crippen molar-refractivity contribution >= 4 is 5.69 Å². The number of para-hydroxylation sites is 1. The van der Waals surface area contributed by atoms with Crippen molar-refractivity contribution in [2.45, 2.75) is 19.4 Å². The van der Waals surface area contributed by atoms with Crippen LogP contribution in [0.15, 0.2) is 41.3 Å². The van der Waals surface area contributed by atoms with Gasteiger partial charge in [-0.25, -0.2) is 4.68 Å². The molecule has 0 spiro atoms. The van der Waals surface area contributed by atoms with Crippen molar-refractivity contribution < 1.29 is 4.74 Å². The van der Waals surface area contributed by atoms with Crippen LogP contribution in [-0.2, 0) is 6.54 Å². The Labute approximate surface area is 123 Å². The molecule has 1 aromatic heterocycles. The lowest BCUT2D eigenvalue weighted by Gasteiger charge is -2.10. The highest BCUT2D eigenvalue weighted by molar-refractivity contribution is 5.39. The van der Waals surface area contributed by atoms with E-state index in [4.69, 9.17) is 4.74 Å². The molecule has 3 rings (SSSR count). The molecule has 2 aromatic rings. The molecule has 0 atom stereocenters. The zero-order valence-electron chi connectivity index (χ0n) is 12.1. The number of nitrogens with one attached hydrogen (secondary N) is 1. The molecule has 1 aliphatic rings. The van der Waals surface area contributed by atoms with Crippen LogP contribution in [0.1, 0.15) is 18.4 Å². The average molecular weight is 285 g/mol. The van der Waals surface area contributed by atoms with E-state index in [-0.39, 0.29) is 5.56 Å². The lowest BCUT2D eigenvalue weighted by Crippen LogP contribution is -2.23. The number of rotatable bonds is 6. The summed E-state index contributed by atoms with van der Waals surface area (Å²) in [5.41, 5.74) is 1.62. The Morgan fingerprint density at radius 2 is 2.19 bits per heavy atom. The number of anilines is 1. The topological polar surface area (TPSA) is 56.1 Å². The Balaban J connectivity index is 1.74. The fourth-order valence-electron chi connectivity index (χ4n) is 2.23. The molecule has 1 N–H and O–H groups in total. The minimum atomic E-state index is -0.110. The fourth-order valence-corrected chi connectivity index (χ4v) is 2.23. The molecule has 110 valence electrons. The van der Waals surface area contributed by atoms with Crippen molar-refractivity contribution in [2.24, 2.45) is 5.92 Å². The second kappa shape index (κ2) is 5.99. The predicted molar refractivity (Wildman–Crippen MR) is 81.8 cm³/mol. The Morgan fingerprint density at radius 1 is 1.38 bits per heavy atom. The first-order valence-corrected chi connectivity index (χ1v) is 7.19. The van der Waals surface area contributed by atoms with Crippen LogP contribution in [0.3, 0.4) is 0 Å². The Kier molecular flexibility index (Phi) is 3.90. The normalized spacial score (nSPS) is 14.0. The number of ether oxygens (including phenoxy) is 1. The van der Waals surface area contributed by atoms with Crippen LogP contribution in [0.5, 0.6) is 5.75 Å². The Bertz CT molecular complexity index is 677. The third-order valence-electron chi connectivity index (χ3n) is 3.67. The SMILES string of the molecule is COc1ccccc1Cn1ncc(NCC2CC2)cc1=O. The van der Waals surface area contributed by atoms with Gasteiger partial charge in [0.1, 0.15) is 5.75 Å². The second-order valence-electron chi connectivity index (χ2n) is 5.38. The summed E-state index contributed by atoms with van der Waals surface area (Å²) in [7, 11) is 1.62. The summed E-state index contributed by atoms with van der Waals surface area (Å²) in [5.74, 6) is 1.53. The summed E-state index contributed by atoms with van der Waals surface area (Å²) in [4.78, 5) is 12.1. The monoisotopic (exact) mass is 285 g/mol. The molecule has 21 heavy (non-hydrogen) atoms. The molecule has 0 aliphatic heterocycles. The molecule has 0 unspecified atom stereocenters. The van der Waals surface area contributed by atoms with E-state index in [0.717, 1.165) is 29.5 Å². The first-order valence-electron chi connectivity index (χ1n) is 7.19. The third kappa shape index (κ3) is 3.42. The van der Waals surface area contributed by atoms with Crippen LogP contribution in [0.2, 0.25) is 0 Å². The van der Waals surface area contributed by atoms with Crippen LogP contribution < -0.4 is 15.6 Å². The van der Waals surface area contributed by atoms with E-state index in [1.54, 1.807) is 19.4 Å². The van der Waals surface area contributed by atoms with Crippen LogP contribution in [-0.4, -0.2) is 23.4 Å². The average Bonchev–Trinajstić information content (AvgIpc) is 3.32. The van der Waals surface area contributed by atoms with E-state index in [0.29, 0.717) is 6.54 Å². The van der Waals surface area contributed by atoms with E-state index >= 15 is 0 Å². The maximum Gasteiger partial charge on any atom is 0.269 e. The summed E-state index contributed by atoms with van der Waals surface area (Å²) < 4.78 is 6.74. The van der Waals surface area contributed by atoms with E-state index in [1.807, 2.05) is 24.3 Å². The first-order chi connectivity index (χ1) is 10.3. The molecular formula is C16H19N3O2. The lowest BCUT2D eigenvalue weighted by molar-refractivity contribution is 0.407. The molecule has 1 aromatic carbocycles. The standard InChI is InChI=1S/C16H19N3O2/c1-21-15-5-3-2-4-13(15)11-19-16(20)8-14(10-18-19)17-9-12-6-7-12/h2-5,8,10,12,17H,6-7,9,11H2,1H3. The van der Waals surface area contributed by atoms with E-state index in [9.17, 15) is 4.79 Å². The Hall–Kier alpha value is -2.30. The van der Waals surface area contributed by atoms with Crippen LogP contribution in [0.25, 0.3) is 0 Å². The van der Waals surface area contributed by atoms with Crippen LogP contribution in [0, 0.1) is 5.92 Å². The molecule has 0 saturated heterocycles. The number of methoxy groups -OCH3 is 1. The molecule has 0 amide bonds. The van der Waals surface area contributed by atoms with E-state index in [2.05, 4.69) is 10.4 Å². The fraction of sp³-hybridized carbons (Fsp3) is 0.375. The van der Waals surface area contributed by atoms with Gasteiger partial charge in [0.05, 0.1) is 25.5 Å². The molecule has 0 radical (unpaired) electrons. The zero-order valence-corrected chi connectivity index (χ0v) is 12.1. The van der Waals surface area contributed by atoms with E-state index < -0.39 is 0 Å². The number of hydrogen-bond donors (Lipinski definition) is 1. The van der Waals surface area contributed by atoms with Gasteiger partial charge in [0.15, 0.2) is 0 Å². The van der Waals surface area contributed by atoms with Crippen LogP contribution in [0.4, 0.5) is 5.69 Å². The predicted octanol–water partition coefficient (Wildman–Crippen LogP) is 2.12. The molecular weight excluding hydrogens is 266 g/mol. The van der Waals surface area contributed by atoms with Gasteiger partial charge in [-0.15, -0.1) is 0 Å². The third-order valence-corrected chi connectivity index (χ3v) is 3.67. The van der Waals surface area contributed by atoms with Gasteiger partial charge in [-0.3, -0.25) is 4.79 Å². The van der Waals surface area contributed by atoms with Gasteiger partial charge in [0, 0.05) is 18.2 Å². The number of nitrogens with zero attached hydrogens (tertiary/aromatic N) is 2. The maximum absolute atomic E-state index is 12.1.